The molecule has 1 unspecified atom stereocenters. The molecule has 26 heavy (non-hydrogen) atoms. The molecule has 0 amide bonds. The van der Waals surface area contributed by atoms with Crippen LogP contribution in [0, 0.1) is 12.7 Å². The molecule has 0 spiro atoms. The van der Waals surface area contributed by atoms with Crippen molar-refractivity contribution >= 4 is 13.3 Å². The lowest BCUT2D eigenvalue weighted by molar-refractivity contribution is 0.622. The summed E-state index contributed by atoms with van der Waals surface area (Å²) in [5.41, 5.74) is 4.00. The molecule has 1 atom stereocenters. The molecule has 0 aliphatic carbocycles. The third-order valence-corrected chi connectivity index (χ3v) is 6.99. The zero-order valence-electron chi connectivity index (χ0n) is 17.2. The largest absolute Gasteiger partial charge is 0.206 e. The first-order valence-electron chi connectivity index (χ1n) is 9.58. The van der Waals surface area contributed by atoms with Crippen molar-refractivity contribution in [2.45, 2.75) is 39.4 Å². The van der Waals surface area contributed by atoms with E-state index in [4.69, 9.17) is 0 Å². The molecule has 0 saturated carbocycles. The van der Waals surface area contributed by atoms with E-state index in [-0.39, 0.29) is 5.82 Å². The van der Waals surface area contributed by atoms with E-state index in [0.29, 0.717) is 11.1 Å². The number of hydrogen-bond acceptors (Lipinski definition) is 0. The highest BCUT2D eigenvalue weighted by Crippen LogP contribution is 2.30. The first-order chi connectivity index (χ1) is 12.6. The molecule has 0 saturated heterocycles. The van der Waals surface area contributed by atoms with Crippen LogP contribution in [0.2, 0.25) is 19.6 Å². The summed E-state index contributed by atoms with van der Waals surface area (Å²) in [6.45, 7) is 10.6. The average Bonchev–Trinajstić information content (AvgIpc) is 2.63. The normalized spacial score (nSPS) is 14.6. The average molecular weight is 364 g/mol. The van der Waals surface area contributed by atoms with Gasteiger partial charge in [0, 0.05) is 12.8 Å². The van der Waals surface area contributed by atoms with Gasteiger partial charge in [0.2, 0.25) is 0 Å². The molecule has 0 aliphatic heterocycles. The summed E-state index contributed by atoms with van der Waals surface area (Å²) in [7, 11) is -1.68. The molecular weight excluding hydrogens is 335 g/mol. The molecule has 0 N–H and O–H groups in total. The van der Waals surface area contributed by atoms with Crippen molar-refractivity contribution < 1.29 is 5.76 Å². The van der Waals surface area contributed by atoms with Crippen LogP contribution in [-0.4, -0.2) is 8.07 Å². The zero-order valence-corrected chi connectivity index (χ0v) is 17.2. The Morgan fingerprint density at radius 2 is 1.62 bits per heavy atom. The minimum absolute atomic E-state index is 0.185. The van der Waals surface area contributed by atoms with Crippen molar-refractivity contribution in [2.24, 2.45) is 0 Å². The molecule has 2 heteroatoms. The smallest absolute Gasteiger partial charge is 0.133 e. The quantitative estimate of drug-likeness (QED) is 0.464. The summed E-state index contributed by atoms with van der Waals surface area (Å²) in [5, 5.41) is 1.25. The van der Waals surface area contributed by atoms with Crippen molar-refractivity contribution in [3.05, 3.63) is 89.2 Å². The molecule has 0 heterocycles. The summed E-state index contributed by atoms with van der Waals surface area (Å²) < 4.78 is 23.9. The Hall–Kier alpha value is -2.19. The van der Waals surface area contributed by atoms with Crippen molar-refractivity contribution in [3.63, 3.8) is 0 Å². The summed E-state index contributed by atoms with van der Waals surface area (Å²) in [6.07, 6.45) is 0. The van der Waals surface area contributed by atoms with Crippen LogP contribution >= 0.6 is 0 Å². The van der Waals surface area contributed by atoms with E-state index in [0.717, 1.165) is 16.7 Å². The van der Waals surface area contributed by atoms with Crippen LogP contribution in [0.4, 0.5) is 4.39 Å². The SMILES string of the molecule is [2H]C(C)(c1ccccc1)c1cc(-c2cccc(C)c2F)ccc1[Si](C)(C)C. The summed E-state index contributed by atoms with van der Waals surface area (Å²) >= 11 is 0. The van der Waals surface area contributed by atoms with E-state index >= 15 is 0 Å². The van der Waals surface area contributed by atoms with Gasteiger partial charge in [-0.05, 0) is 29.2 Å². The predicted octanol–water partition coefficient (Wildman–Crippen LogP) is 6.50. The molecule has 0 radical (unpaired) electrons. The van der Waals surface area contributed by atoms with E-state index in [1.165, 1.54) is 5.19 Å². The highest BCUT2D eigenvalue weighted by molar-refractivity contribution is 6.89. The lowest BCUT2D eigenvalue weighted by atomic mass is 9.90. The number of halogens is 1. The second kappa shape index (κ2) is 7.20. The maximum atomic E-state index is 14.7. The fourth-order valence-corrected chi connectivity index (χ4v) is 5.04. The van der Waals surface area contributed by atoms with Crippen LogP contribution in [0.25, 0.3) is 11.1 Å². The Labute approximate surface area is 159 Å². The number of benzene rings is 3. The second-order valence-corrected chi connectivity index (χ2v) is 13.0. The first-order valence-corrected chi connectivity index (χ1v) is 12.6. The third kappa shape index (κ3) is 3.66. The van der Waals surface area contributed by atoms with Crippen molar-refractivity contribution in [3.8, 4) is 11.1 Å². The standard InChI is InChI=1S/C24H27FSi/c1-17-10-9-13-21(24(17)25)20-14-15-23(26(3,4)5)22(16-20)18(2)19-11-7-6-8-12-19/h6-16,18H,1-5H3/i18D. The fourth-order valence-electron chi connectivity index (χ4n) is 3.39. The van der Waals surface area contributed by atoms with Gasteiger partial charge in [-0.15, -0.1) is 0 Å². The van der Waals surface area contributed by atoms with Crippen LogP contribution in [0.3, 0.4) is 0 Å². The van der Waals surface area contributed by atoms with Gasteiger partial charge in [0.1, 0.15) is 5.82 Å². The van der Waals surface area contributed by atoms with E-state index < -0.39 is 14.0 Å². The van der Waals surface area contributed by atoms with Crippen molar-refractivity contribution in [1.29, 1.82) is 0 Å². The summed E-state index contributed by atoms with van der Waals surface area (Å²) in [5.74, 6) is -1.08. The molecule has 0 fully saturated rings. The van der Waals surface area contributed by atoms with Gasteiger partial charge >= 0.3 is 0 Å². The third-order valence-electron chi connectivity index (χ3n) is 4.94. The Kier molecular flexibility index (Phi) is 4.77. The Morgan fingerprint density at radius 1 is 0.923 bits per heavy atom. The van der Waals surface area contributed by atoms with Crippen LogP contribution in [-0.2, 0) is 0 Å². The molecular formula is C24H27FSi. The van der Waals surface area contributed by atoms with E-state index in [2.05, 4.69) is 25.7 Å². The molecule has 0 bridgehead atoms. The van der Waals surface area contributed by atoms with Crippen molar-refractivity contribution in [1.82, 2.24) is 0 Å². The maximum Gasteiger partial charge on any atom is 0.133 e. The van der Waals surface area contributed by atoms with Gasteiger partial charge in [-0.3, -0.25) is 0 Å². The van der Waals surface area contributed by atoms with Crippen LogP contribution in [0.15, 0.2) is 66.7 Å². The molecule has 0 aromatic heterocycles. The van der Waals surface area contributed by atoms with E-state index in [1.807, 2.05) is 61.5 Å². The molecule has 3 aromatic carbocycles. The van der Waals surface area contributed by atoms with Crippen LogP contribution < -0.4 is 5.19 Å². The van der Waals surface area contributed by atoms with Gasteiger partial charge in [0.15, 0.2) is 0 Å². The number of rotatable bonds is 4. The van der Waals surface area contributed by atoms with Gasteiger partial charge in [-0.1, -0.05) is 98.5 Å². The lowest BCUT2D eigenvalue weighted by Crippen LogP contribution is -2.40. The predicted molar refractivity (Wildman–Crippen MR) is 114 cm³/mol. The maximum absolute atomic E-state index is 14.7. The highest BCUT2D eigenvalue weighted by atomic mass is 28.3. The van der Waals surface area contributed by atoms with Crippen LogP contribution in [0.5, 0.6) is 0 Å². The topological polar surface area (TPSA) is 0 Å². The van der Waals surface area contributed by atoms with Gasteiger partial charge in [-0.2, -0.15) is 0 Å². The van der Waals surface area contributed by atoms with E-state index in [1.54, 1.807) is 13.0 Å². The van der Waals surface area contributed by atoms with E-state index in [9.17, 15) is 5.76 Å². The Bertz CT molecular complexity index is 956. The number of aryl methyl sites for hydroxylation is 1. The summed E-state index contributed by atoms with van der Waals surface area (Å²) in [4.78, 5) is 0. The summed E-state index contributed by atoms with van der Waals surface area (Å²) in [6, 6.07) is 21.6. The monoisotopic (exact) mass is 363 g/mol. The second-order valence-electron chi connectivity index (χ2n) is 7.94. The molecule has 134 valence electrons. The lowest BCUT2D eigenvalue weighted by Gasteiger charge is -2.26. The Morgan fingerprint density at radius 3 is 2.27 bits per heavy atom. The molecule has 0 nitrogen and oxygen atoms in total. The minimum atomic E-state index is -1.68. The Balaban J connectivity index is 2.26. The molecule has 0 aliphatic rings. The highest BCUT2D eigenvalue weighted by Gasteiger charge is 2.24. The van der Waals surface area contributed by atoms with Gasteiger partial charge in [0.05, 0.1) is 8.07 Å². The van der Waals surface area contributed by atoms with Gasteiger partial charge in [-0.25, -0.2) is 4.39 Å². The first kappa shape index (κ1) is 17.2. The molecule has 3 aromatic rings. The van der Waals surface area contributed by atoms with Crippen molar-refractivity contribution in [2.75, 3.05) is 0 Å². The van der Waals surface area contributed by atoms with Gasteiger partial charge < -0.3 is 0 Å². The van der Waals surface area contributed by atoms with Crippen LogP contribution in [0.1, 0.15) is 30.9 Å². The number of hydrogen-bond donors (Lipinski definition) is 0. The zero-order chi connectivity index (χ0) is 19.8. The molecule has 3 rings (SSSR count). The minimum Gasteiger partial charge on any atom is -0.206 e. The van der Waals surface area contributed by atoms with Gasteiger partial charge in [0.25, 0.3) is 0 Å². The fraction of sp³-hybridized carbons (Fsp3) is 0.250.